The molecule has 0 fully saturated rings. The first-order valence-electron chi connectivity index (χ1n) is 8.17. The second-order valence-electron chi connectivity index (χ2n) is 7.05. The summed E-state index contributed by atoms with van der Waals surface area (Å²) in [5, 5.41) is 9.13. The first-order chi connectivity index (χ1) is 11.0. The number of hydrogen-bond donors (Lipinski definition) is 0. The van der Waals surface area contributed by atoms with Gasteiger partial charge in [-0.1, -0.05) is 13.8 Å². The molecule has 140 valence electrons. The van der Waals surface area contributed by atoms with Crippen LogP contribution < -0.4 is 0 Å². The molecule has 0 saturated heterocycles. The largest absolute Gasteiger partial charge is 0.465 e. The van der Waals surface area contributed by atoms with Gasteiger partial charge in [-0.05, 0) is 46.0 Å². The average Bonchev–Trinajstić information content (AvgIpc) is 2.38. The molecule has 0 aromatic heterocycles. The van der Waals surface area contributed by atoms with E-state index in [4.69, 9.17) is 9.47 Å². The topological polar surface area (TPSA) is 105 Å². The number of esters is 2. The van der Waals surface area contributed by atoms with E-state index in [1.807, 2.05) is 13.8 Å². The Balaban J connectivity index is 4.30. The van der Waals surface area contributed by atoms with Crippen molar-refractivity contribution >= 4 is 11.9 Å². The van der Waals surface area contributed by atoms with Gasteiger partial charge in [0.2, 0.25) is 0 Å². The zero-order valence-electron chi connectivity index (χ0n) is 15.2. The van der Waals surface area contributed by atoms with Crippen LogP contribution in [0.1, 0.15) is 60.3 Å². The zero-order chi connectivity index (χ0) is 18.8. The van der Waals surface area contributed by atoms with E-state index in [1.54, 1.807) is 20.8 Å². The van der Waals surface area contributed by atoms with Crippen LogP contribution in [0.4, 0.5) is 0 Å². The maximum Gasteiger partial charge on any atom is 0.309 e. The molecule has 0 bridgehead atoms. The van der Waals surface area contributed by atoms with Gasteiger partial charge in [0.05, 0.1) is 25.6 Å². The van der Waals surface area contributed by atoms with Gasteiger partial charge in [-0.25, -0.2) is 0 Å². The van der Waals surface area contributed by atoms with Crippen LogP contribution in [0.25, 0.3) is 0 Å². The summed E-state index contributed by atoms with van der Waals surface area (Å²) in [6.07, 6.45) is 1.39. The lowest BCUT2D eigenvalue weighted by atomic mass is 9.94. The number of carbonyl (C=O) groups is 2. The summed E-state index contributed by atoms with van der Waals surface area (Å²) >= 11 is 0. The van der Waals surface area contributed by atoms with Crippen molar-refractivity contribution in [2.24, 2.45) is 11.8 Å². The van der Waals surface area contributed by atoms with E-state index in [-0.39, 0.29) is 25.6 Å². The van der Waals surface area contributed by atoms with Crippen molar-refractivity contribution < 1.29 is 29.0 Å². The molecule has 0 amide bonds. The minimum absolute atomic E-state index is 0.0152. The Morgan fingerprint density at radius 1 is 1.12 bits per heavy atom. The molecule has 0 aliphatic heterocycles. The first-order valence-corrected chi connectivity index (χ1v) is 8.17. The van der Waals surface area contributed by atoms with Crippen molar-refractivity contribution in [2.45, 2.75) is 65.9 Å². The van der Waals surface area contributed by atoms with Gasteiger partial charge in [0.1, 0.15) is 5.60 Å². The third-order valence-electron chi connectivity index (χ3n) is 2.90. The molecule has 0 rings (SSSR count). The number of carbonyl (C=O) groups excluding carboxylic acids is 2. The summed E-state index contributed by atoms with van der Waals surface area (Å²) in [7, 11) is 0. The van der Waals surface area contributed by atoms with Crippen LogP contribution in [0.2, 0.25) is 0 Å². The molecule has 0 aliphatic rings. The molecular weight excluding hydrogens is 318 g/mol. The highest BCUT2D eigenvalue weighted by molar-refractivity contribution is 5.80. The third kappa shape index (κ3) is 12.7. The SMILES string of the molecule is CC(C)CC(CC(=O)OC(C)(C)C)C(=O)OCCCCO[N+](=O)[O-]. The van der Waals surface area contributed by atoms with E-state index >= 15 is 0 Å². The molecule has 24 heavy (non-hydrogen) atoms. The summed E-state index contributed by atoms with van der Waals surface area (Å²) in [4.78, 5) is 38.2. The molecule has 8 nitrogen and oxygen atoms in total. The quantitative estimate of drug-likeness (QED) is 0.245. The highest BCUT2D eigenvalue weighted by atomic mass is 16.9. The smallest absolute Gasteiger partial charge is 0.309 e. The van der Waals surface area contributed by atoms with Gasteiger partial charge < -0.3 is 14.3 Å². The van der Waals surface area contributed by atoms with Crippen molar-refractivity contribution in [1.82, 2.24) is 0 Å². The molecule has 0 aromatic carbocycles. The molecule has 0 spiro atoms. The van der Waals surface area contributed by atoms with Gasteiger partial charge in [-0.3, -0.25) is 9.59 Å². The summed E-state index contributed by atoms with van der Waals surface area (Å²) in [6, 6.07) is 0. The fraction of sp³-hybridized carbons (Fsp3) is 0.875. The molecule has 0 aromatic rings. The number of hydrogen-bond acceptors (Lipinski definition) is 7. The lowest BCUT2D eigenvalue weighted by Gasteiger charge is -2.22. The lowest BCUT2D eigenvalue weighted by molar-refractivity contribution is -0.757. The molecule has 0 saturated carbocycles. The molecule has 1 atom stereocenters. The number of rotatable bonds is 11. The van der Waals surface area contributed by atoms with Crippen molar-refractivity contribution in [3.63, 3.8) is 0 Å². The number of nitrogens with zero attached hydrogens (tertiary/aromatic N) is 1. The predicted molar refractivity (Wildman–Crippen MR) is 86.5 cm³/mol. The molecule has 1 unspecified atom stereocenters. The van der Waals surface area contributed by atoms with Crippen molar-refractivity contribution in [1.29, 1.82) is 0 Å². The minimum Gasteiger partial charge on any atom is -0.465 e. The molecular formula is C16H29NO7. The van der Waals surface area contributed by atoms with Crippen LogP contribution in [0.3, 0.4) is 0 Å². The van der Waals surface area contributed by atoms with E-state index in [0.29, 0.717) is 19.3 Å². The standard InChI is InChI=1S/C16H29NO7/c1-12(2)10-13(11-14(18)24-16(3,4)5)15(19)22-8-6-7-9-23-17(20)21/h12-13H,6-11H2,1-5H3. The Kier molecular flexibility index (Phi) is 9.99. The minimum atomic E-state index is -0.856. The zero-order valence-corrected chi connectivity index (χ0v) is 15.2. The van der Waals surface area contributed by atoms with Crippen LogP contribution in [-0.2, 0) is 23.9 Å². The molecule has 8 heteroatoms. The van der Waals surface area contributed by atoms with Crippen LogP contribution in [0, 0.1) is 22.0 Å². The molecule has 0 heterocycles. The average molecular weight is 347 g/mol. The Labute approximate surface area is 142 Å². The fourth-order valence-electron chi connectivity index (χ4n) is 2.05. The Bertz CT molecular complexity index is 415. The van der Waals surface area contributed by atoms with Crippen LogP contribution >= 0.6 is 0 Å². The second-order valence-corrected chi connectivity index (χ2v) is 7.05. The van der Waals surface area contributed by atoms with Crippen molar-refractivity contribution in [2.75, 3.05) is 13.2 Å². The van der Waals surface area contributed by atoms with Gasteiger partial charge in [-0.2, -0.15) is 0 Å². The van der Waals surface area contributed by atoms with Gasteiger partial charge in [-0.15, -0.1) is 10.1 Å². The predicted octanol–water partition coefficient (Wildman–Crippen LogP) is 2.91. The van der Waals surface area contributed by atoms with Gasteiger partial charge in [0.15, 0.2) is 0 Å². The fourth-order valence-corrected chi connectivity index (χ4v) is 2.05. The van der Waals surface area contributed by atoms with E-state index in [1.165, 1.54) is 0 Å². The first kappa shape index (κ1) is 22.1. The Hall–Kier alpha value is -1.86. The van der Waals surface area contributed by atoms with Crippen LogP contribution in [0.15, 0.2) is 0 Å². The van der Waals surface area contributed by atoms with Gasteiger partial charge >= 0.3 is 11.9 Å². The maximum atomic E-state index is 12.2. The number of ether oxygens (including phenoxy) is 2. The van der Waals surface area contributed by atoms with Crippen LogP contribution in [0.5, 0.6) is 0 Å². The summed E-state index contributed by atoms with van der Waals surface area (Å²) in [5.74, 6) is -1.18. The highest BCUT2D eigenvalue weighted by Gasteiger charge is 2.27. The van der Waals surface area contributed by atoms with E-state index in [0.717, 1.165) is 0 Å². The third-order valence-corrected chi connectivity index (χ3v) is 2.90. The Morgan fingerprint density at radius 3 is 2.21 bits per heavy atom. The van der Waals surface area contributed by atoms with E-state index in [2.05, 4.69) is 4.84 Å². The van der Waals surface area contributed by atoms with Crippen molar-refractivity contribution in [3.05, 3.63) is 10.1 Å². The lowest BCUT2D eigenvalue weighted by Crippen LogP contribution is -2.29. The van der Waals surface area contributed by atoms with Crippen LogP contribution in [-0.4, -0.2) is 35.8 Å². The molecule has 0 radical (unpaired) electrons. The summed E-state index contributed by atoms with van der Waals surface area (Å²) < 4.78 is 10.4. The van der Waals surface area contributed by atoms with Gasteiger partial charge in [0, 0.05) is 0 Å². The number of unbranched alkanes of at least 4 members (excludes halogenated alkanes) is 1. The maximum absolute atomic E-state index is 12.2. The Morgan fingerprint density at radius 2 is 1.71 bits per heavy atom. The van der Waals surface area contributed by atoms with E-state index in [9.17, 15) is 19.7 Å². The van der Waals surface area contributed by atoms with Crippen molar-refractivity contribution in [3.8, 4) is 0 Å². The monoisotopic (exact) mass is 347 g/mol. The highest BCUT2D eigenvalue weighted by Crippen LogP contribution is 2.20. The molecule has 0 N–H and O–H groups in total. The van der Waals surface area contributed by atoms with Gasteiger partial charge in [0.25, 0.3) is 5.09 Å². The second kappa shape index (κ2) is 10.8. The van der Waals surface area contributed by atoms with E-state index < -0.39 is 28.5 Å². The normalized spacial score (nSPS) is 12.6. The summed E-state index contributed by atoms with van der Waals surface area (Å²) in [6.45, 7) is 9.35. The summed E-state index contributed by atoms with van der Waals surface area (Å²) in [5.41, 5.74) is -0.597. The molecule has 0 aliphatic carbocycles.